The summed E-state index contributed by atoms with van der Waals surface area (Å²) in [6.45, 7) is 4.37. The Morgan fingerprint density at radius 2 is 2.05 bits per heavy atom. The summed E-state index contributed by atoms with van der Waals surface area (Å²) in [6.07, 6.45) is 3.51. The summed E-state index contributed by atoms with van der Waals surface area (Å²) >= 11 is 1.80. The highest BCUT2D eigenvalue weighted by molar-refractivity contribution is 7.10. The maximum absolute atomic E-state index is 5.45. The second-order valence-corrected chi connectivity index (χ2v) is 5.61. The minimum Gasteiger partial charge on any atom is -0.379 e. The number of ether oxygens (including phenoxy) is 1. The first-order valence-electron chi connectivity index (χ1n) is 6.79. The van der Waals surface area contributed by atoms with Gasteiger partial charge in [0.2, 0.25) is 5.95 Å². The number of nitrogens with one attached hydrogen (secondary N) is 1. The zero-order chi connectivity index (χ0) is 13.6. The van der Waals surface area contributed by atoms with Gasteiger partial charge in [-0.3, -0.25) is 4.90 Å². The van der Waals surface area contributed by atoms with E-state index in [0.29, 0.717) is 12.0 Å². The Morgan fingerprint density at radius 1 is 1.25 bits per heavy atom. The van der Waals surface area contributed by atoms with Gasteiger partial charge in [0.15, 0.2) is 0 Å². The zero-order valence-corrected chi connectivity index (χ0v) is 12.1. The van der Waals surface area contributed by atoms with E-state index >= 15 is 0 Å². The predicted molar refractivity (Wildman–Crippen MR) is 80.0 cm³/mol. The molecule has 0 aliphatic carbocycles. The molecule has 106 valence electrons. The fraction of sp³-hybridized carbons (Fsp3) is 0.429. The second-order valence-electron chi connectivity index (χ2n) is 4.63. The quantitative estimate of drug-likeness (QED) is 0.913. The number of anilines is 1. The third kappa shape index (κ3) is 3.33. The van der Waals surface area contributed by atoms with Crippen molar-refractivity contribution >= 4 is 17.3 Å². The van der Waals surface area contributed by atoms with Crippen LogP contribution in [0.3, 0.4) is 0 Å². The van der Waals surface area contributed by atoms with Crippen LogP contribution in [0.15, 0.2) is 36.0 Å². The van der Waals surface area contributed by atoms with Crippen molar-refractivity contribution in [3.8, 4) is 0 Å². The SMILES string of the molecule is c1cnc(NCC(c2cccs2)N2CCOCC2)nc1. The molecule has 6 heteroatoms. The number of thiophene rings is 1. The third-order valence-electron chi connectivity index (χ3n) is 3.38. The average Bonchev–Trinajstić information content (AvgIpc) is 3.04. The van der Waals surface area contributed by atoms with Crippen LogP contribution in [-0.2, 0) is 4.74 Å². The van der Waals surface area contributed by atoms with Crippen LogP contribution in [-0.4, -0.2) is 47.7 Å². The number of hydrogen-bond acceptors (Lipinski definition) is 6. The smallest absolute Gasteiger partial charge is 0.222 e. The van der Waals surface area contributed by atoms with Gasteiger partial charge in [0.25, 0.3) is 0 Å². The number of aromatic nitrogens is 2. The average molecular weight is 290 g/mol. The molecule has 1 saturated heterocycles. The van der Waals surface area contributed by atoms with Crippen LogP contribution < -0.4 is 5.32 Å². The summed E-state index contributed by atoms with van der Waals surface area (Å²) in [5.41, 5.74) is 0. The molecule has 3 rings (SSSR count). The second kappa shape index (κ2) is 6.78. The lowest BCUT2D eigenvalue weighted by Crippen LogP contribution is -2.41. The molecule has 0 spiro atoms. The van der Waals surface area contributed by atoms with E-state index in [9.17, 15) is 0 Å². The minimum atomic E-state index is 0.350. The topological polar surface area (TPSA) is 50.3 Å². The van der Waals surface area contributed by atoms with E-state index in [1.54, 1.807) is 23.7 Å². The predicted octanol–water partition coefficient (Wildman–Crippen LogP) is 2.02. The van der Waals surface area contributed by atoms with E-state index in [4.69, 9.17) is 4.74 Å². The lowest BCUT2D eigenvalue weighted by molar-refractivity contribution is 0.0193. The van der Waals surface area contributed by atoms with Gasteiger partial charge in [-0.25, -0.2) is 9.97 Å². The standard InChI is InChI=1S/C14H18N4OS/c1-3-13(20-10-1)12(18-6-8-19-9-7-18)11-17-14-15-4-2-5-16-14/h1-5,10,12H,6-9,11H2,(H,15,16,17). The first-order valence-corrected chi connectivity index (χ1v) is 7.67. The molecule has 20 heavy (non-hydrogen) atoms. The third-order valence-corrected chi connectivity index (χ3v) is 4.35. The van der Waals surface area contributed by atoms with Crippen LogP contribution in [0.4, 0.5) is 5.95 Å². The Bertz CT molecular complexity index is 499. The lowest BCUT2D eigenvalue weighted by atomic mass is 10.2. The maximum Gasteiger partial charge on any atom is 0.222 e. The van der Waals surface area contributed by atoms with Crippen molar-refractivity contribution in [2.45, 2.75) is 6.04 Å². The normalized spacial score (nSPS) is 17.8. The first kappa shape index (κ1) is 13.5. The highest BCUT2D eigenvalue weighted by Gasteiger charge is 2.23. The van der Waals surface area contributed by atoms with Crippen molar-refractivity contribution in [1.29, 1.82) is 0 Å². The molecule has 1 aliphatic rings. The number of morpholine rings is 1. The highest BCUT2D eigenvalue weighted by atomic mass is 32.1. The van der Waals surface area contributed by atoms with Gasteiger partial charge in [0, 0.05) is 36.9 Å². The van der Waals surface area contributed by atoms with Crippen molar-refractivity contribution in [2.24, 2.45) is 0 Å². The van der Waals surface area contributed by atoms with Crippen LogP contribution in [0, 0.1) is 0 Å². The molecule has 0 radical (unpaired) electrons. The number of rotatable bonds is 5. The Hall–Kier alpha value is -1.50. The fourth-order valence-electron chi connectivity index (χ4n) is 2.36. The molecule has 0 saturated carbocycles. The van der Waals surface area contributed by atoms with E-state index < -0.39 is 0 Å². The highest BCUT2D eigenvalue weighted by Crippen LogP contribution is 2.26. The van der Waals surface area contributed by atoms with E-state index in [2.05, 4.69) is 37.7 Å². The summed E-state index contributed by atoms with van der Waals surface area (Å²) in [7, 11) is 0. The molecule has 3 heterocycles. The fourth-order valence-corrected chi connectivity index (χ4v) is 3.22. The molecule has 2 aromatic rings. The van der Waals surface area contributed by atoms with Crippen molar-refractivity contribution in [3.05, 3.63) is 40.8 Å². The van der Waals surface area contributed by atoms with Gasteiger partial charge in [-0.05, 0) is 17.5 Å². The van der Waals surface area contributed by atoms with Gasteiger partial charge in [0.05, 0.1) is 19.3 Å². The molecular formula is C14H18N4OS. The maximum atomic E-state index is 5.45. The van der Waals surface area contributed by atoms with Gasteiger partial charge >= 0.3 is 0 Å². The summed E-state index contributed by atoms with van der Waals surface area (Å²) in [5.74, 6) is 0.683. The van der Waals surface area contributed by atoms with E-state index in [-0.39, 0.29) is 0 Å². The molecule has 0 amide bonds. The number of hydrogen-bond donors (Lipinski definition) is 1. The first-order chi connectivity index (χ1) is 9.93. The molecule has 1 aliphatic heterocycles. The summed E-state index contributed by atoms with van der Waals surface area (Å²) in [5, 5.41) is 5.46. The lowest BCUT2D eigenvalue weighted by Gasteiger charge is -2.34. The van der Waals surface area contributed by atoms with Gasteiger partial charge in [-0.2, -0.15) is 0 Å². The van der Waals surface area contributed by atoms with Crippen molar-refractivity contribution in [2.75, 3.05) is 38.2 Å². The molecule has 1 fully saturated rings. The van der Waals surface area contributed by atoms with E-state index in [0.717, 1.165) is 32.8 Å². The summed E-state index contributed by atoms with van der Waals surface area (Å²) < 4.78 is 5.45. The van der Waals surface area contributed by atoms with E-state index in [1.807, 2.05) is 6.07 Å². The van der Waals surface area contributed by atoms with Gasteiger partial charge in [0.1, 0.15) is 0 Å². The minimum absolute atomic E-state index is 0.350. The van der Waals surface area contributed by atoms with Gasteiger partial charge in [-0.15, -0.1) is 11.3 Å². The molecular weight excluding hydrogens is 272 g/mol. The van der Waals surface area contributed by atoms with Crippen molar-refractivity contribution in [3.63, 3.8) is 0 Å². The molecule has 0 bridgehead atoms. The van der Waals surface area contributed by atoms with Crippen molar-refractivity contribution in [1.82, 2.24) is 14.9 Å². The monoisotopic (exact) mass is 290 g/mol. The van der Waals surface area contributed by atoms with E-state index in [1.165, 1.54) is 4.88 Å². The van der Waals surface area contributed by atoms with Crippen molar-refractivity contribution < 1.29 is 4.74 Å². The summed E-state index contributed by atoms with van der Waals surface area (Å²) in [6, 6.07) is 6.47. The van der Waals surface area contributed by atoms with Crippen LogP contribution in [0.5, 0.6) is 0 Å². The number of nitrogens with zero attached hydrogens (tertiary/aromatic N) is 3. The van der Waals surface area contributed by atoms with Crippen LogP contribution >= 0.6 is 11.3 Å². The molecule has 1 N–H and O–H groups in total. The van der Waals surface area contributed by atoms with Gasteiger partial charge < -0.3 is 10.1 Å². The molecule has 2 aromatic heterocycles. The molecule has 1 atom stereocenters. The Balaban J connectivity index is 1.69. The van der Waals surface area contributed by atoms with Crippen LogP contribution in [0.1, 0.15) is 10.9 Å². The van der Waals surface area contributed by atoms with Crippen LogP contribution in [0.2, 0.25) is 0 Å². The molecule has 0 aromatic carbocycles. The van der Waals surface area contributed by atoms with Crippen LogP contribution in [0.25, 0.3) is 0 Å². The molecule has 1 unspecified atom stereocenters. The van der Waals surface area contributed by atoms with Gasteiger partial charge in [-0.1, -0.05) is 6.07 Å². The summed E-state index contributed by atoms with van der Waals surface area (Å²) in [4.78, 5) is 12.3. The largest absolute Gasteiger partial charge is 0.379 e. The molecule has 5 nitrogen and oxygen atoms in total. The zero-order valence-electron chi connectivity index (χ0n) is 11.2. The Kier molecular flexibility index (Phi) is 4.57. The Morgan fingerprint density at radius 3 is 2.75 bits per heavy atom. The Labute approximate surface area is 122 Å².